The van der Waals surface area contributed by atoms with Crippen molar-refractivity contribution in [2.75, 3.05) is 31.5 Å². The lowest BCUT2D eigenvalue weighted by Crippen LogP contribution is -2.47. The summed E-state index contributed by atoms with van der Waals surface area (Å²) in [6.45, 7) is 10.6. The molecule has 4 nitrogen and oxygen atoms in total. The van der Waals surface area contributed by atoms with Crippen LogP contribution < -0.4 is 5.32 Å². The molecule has 1 N–H and O–H groups in total. The van der Waals surface area contributed by atoms with Crippen LogP contribution in [0.2, 0.25) is 0 Å². The van der Waals surface area contributed by atoms with Crippen LogP contribution in [0.4, 0.5) is 10.5 Å². The molecule has 0 saturated carbocycles. The van der Waals surface area contributed by atoms with Crippen LogP contribution in [0.1, 0.15) is 50.2 Å². The maximum Gasteiger partial charge on any atom is 0.321 e. The first kappa shape index (κ1) is 18.2. The molecule has 25 heavy (non-hydrogen) atoms. The number of likely N-dealkylation sites (tertiary alicyclic amines) is 2. The number of carbonyl (C=O) groups is 1. The van der Waals surface area contributed by atoms with Gasteiger partial charge >= 0.3 is 6.03 Å². The zero-order valence-corrected chi connectivity index (χ0v) is 16.1. The third-order valence-electron chi connectivity index (χ3n) is 5.95. The largest absolute Gasteiger partial charge is 0.324 e. The summed E-state index contributed by atoms with van der Waals surface area (Å²) in [6, 6.07) is 6.91. The fourth-order valence-electron chi connectivity index (χ4n) is 4.36. The van der Waals surface area contributed by atoms with Crippen LogP contribution >= 0.6 is 0 Å². The van der Waals surface area contributed by atoms with Gasteiger partial charge in [-0.3, -0.25) is 0 Å². The van der Waals surface area contributed by atoms with Crippen molar-refractivity contribution in [1.82, 2.24) is 9.80 Å². The summed E-state index contributed by atoms with van der Waals surface area (Å²) < 4.78 is 0. The molecule has 0 unspecified atom stereocenters. The van der Waals surface area contributed by atoms with E-state index < -0.39 is 0 Å². The first-order valence-electron chi connectivity index (χ1n) is 9.91. The van der Waals surface area contributed by atoms with Crippen LogP contribution in [0.15, 0.2) is 18.2 Å². The number of hydrogen-bond donors (Lipinski definition) is 1. The minimum Gasteiger partial charge on any atom is -0.324 e. The summed E-state index contributed by atoms with van der Waals surface area (Å²) in [5.74, 6) is 0.609. The monoisotopic (exact) mass is 343 g/mol. The Balaban J connectivity index is 1.58. The van der Waals surface area contributed by atoms with Crippen molar-refractivity contribution in [2.45, 2.75) is 58.9 Å². The molecule has 1 aromatic rings. The molecule has 2 aliphatic rings. The molecule has 0 radical (unpaired) electrons. The predicted octanol–water partition coefficient (Wildman–Crippen LogP) is 4.42. The normalized spacial score (nSPS) is 25.0. The van der Waals surface area contributed by atoms with E-state index in [1.54, 1.807) is 0 Å². The SMILES string of the molecule is Cc1cccc(C)c1NC(=O)N1CCC[C@@H](CN2CCCC[C@@H]2C)C1. The van der Waals surface area contributed by atoms with Gasteiger partial charge < -0.3 is 15.1 Å². The highest BCUT2D eigenvalue weighted by atomic mass is 16.2. The second-order valence-corrected chi connectivity index (χ2v) is 7.99. The van der Waals surface area contributed by atoms with E-state index in [1.165, 1.54) is 32.2 Å². The Labute approximate surface area is 152 Å². The summed E-state index contributed by atoms with van der Waals surface area (Å²) in [5, 5.41) is 3.15. The van der Waals surface area contributed by atoms with Crippen molar-refractivity contribution in [2.24, 2.45) is 5.92 Å². The number of benzene rings is 1. The number of carbonyl (C=O) groups excluding carboxylic acids is 1. The molecule has 0 aliphatic carbocycles. The van der Waals surface area contributed by atoms with Crippen LogP contribution in [0, 0.1) is 19.8 Å². The number of anilines is 1. The topological polar surface area (TPSA) is 35.6 Å². The van der Waals surface area contributed by atoms with Gasteiger partial charge in [0.25, 0.3) is 0 Å². The van der Waals surface area contributed by atoms with Gasteiger partial charge in [0.1, 0.15) is 0 Å². The number of para-hydroxylation sites is 1. The van der Waals surface area contributed by atoms with E-state index in [4.69, 9.17) is 0 Å². The molecule has 4 heteroatoms. The molecular weight excluding hydrogens is 310 g/mol. The van der Waals surface area contributed by atoms with Crippen molar-refractivity contribution in [3.05, 3.63) is 29.3 Å². The number of hydrogen-bond acceptors (Lipinski definition) is 2. The van der Waals surface area contributed by atoms with Gasteiger partial charge in [-0.15, -0.1) is 0 Å². The van der Waals surface area contributed by atoms with Gasteiger partial charge in [0.15, 0.2) is 0 Å². The van der Waals surface area contributed by atoms with Gasteiger partial charge in [-0.2, -0.15) is 0 Å². The quantitative estimate of drug-likeness (QED) is 0.882. The minimum absolute atomic E-state index is 0.0637. The van der Waals surface area contributed by atoms with E-state index in [1.807, 2.05) is 11.0 Å². The van der Waals surface area contributed by atoms with Crippen molar-refractivity contribution < 1.29 is 4.79 Å². The van der Waals surface area contributed by atoms with E-state index >= 15 is 0 Å². The van der Waals surface area contributed by atoms with Crippen LogP contribution in [-0.2, 0) is 0 Å². The van der Waals surface area contributed by atoms with Crippen LogP contribution in [0.25, 0.3) is 0 Å². The van der Waals surface area contributed by atoms with Crippen molar-refractivity contribution in [3.8, 4) is 0 Å². The molecule has 1 aromatic carbocycles. The standard InChI is InChI=1S/C21H33N3O/c1-16-8-6-9-17(2)20(16)22-21(25)24-13-7-11-19(15-24)14-23-12-5-4-10-18(23)3/h6,8-9,18-19H,4-5,7,10-15H2,1-3H3,(H,22,25)/t18-,19-/m0/s1. The summed E-state index contributed by atoms with van der Waals surface area (Å²) in [4.78, 5) is 17.4. The van der Waals surface area contributed by atoms with Crippen LogP contribution in [0.5, 0.6) is 0 Å². The summed E-state index contributed by atoms with van der Waals surface area (Å²) in [6.07, 6.45) is 6.38. The van der Waals surface area contributed by atoms with E-state index in [2.05, 4.69) is 43.1 Å². The van der Waals surface area contributed by atoms with Gasteiger partial charge in [-0.05, 0) is 70.0 Å². The van der Waals surface area contributed by atoms with Gasteiger partial charge in [-0.25, -0.2) is 4.79 Å². The van der Waals surface area contributed by atoms with E-state index in [9.17, 15) is 4.79 Å². The number of nitrogens with zero attached hydrogens (tertiary/aromatic N) is 2. The zero-order valence-electron chi connectivity index (χ0n) is 16.1. The molecule has 2 aliphatic heterocycles. The van der Waals surface area contributed by atoms with Crippen molar-refractivity contribution in [1.29, 1.82) is 0 Å². The lowest BCUT2D eigenvalue weighted by molar-refractivity contribution is 0.104. The number of nitrogens with one attached hydrogen (secondary N) is 1. The molecule has 0 spiro atoms. The molecule has 2 amide bonds. The highest BCUT2D eigenvalue weighted by molar-refractivity contribution is 5.91. The summed E-state index contributed by atoms with van der Waals surface area (Å²) >= 11 is 0. The van der Waals surface area contributed by atoms with Crippen LogP contribution in [-0.4, -0.2) is 48.1 Å². The average Bonchev–Trinajstić information content (AvgIpc) is 2.60. The lowest BCUT2D eigenvalue weighted by Gasteiger charge is -2.39. The Hall–Kier alpha value is -1.55. The smallest absolute Gasteiger partial charge is 0.321 e. The molecule has 2 saturated heterocycles. The lowest BCUT2D eigenvalue weighted by atomic mass is 9.95. The summed E-state index contributed by atoms with van der Waals surface area (Å²) in [7, 11) is 0. The van der Waals surface area contributed by atoms with Crippen molar-refractivity contribution >= 4 is 11.7 Å². The van der Waals surface area contributed by atoms with E-state index in [0.29, 0.717) is 12.0 Å². The van der Waals surface area contributed by atoms with E-state index in [-0.39, 0.29) is 6.03 Å². The Bertz CT molecular complexity index is 581. The predicted molar refractivity (Wildman–Crippen MR) is 104 cm³/mol. The molecule has 3 rings (SSSR count). The number of piperidine rings is 2. The Morgan fingerprint density at radius 2 is 1.88 bits per heavy atom. The fourth-order valence-corrected chi connectivity index (χ4v) is 4.36. The highest BCUT2D eigenvalue weighted by Crippen LogP contribution is 2.24. The Morgan fingerprint density at radius 1 is 1.12 bits per heavy atom. The van der Waals surface area contributed by atoms with Crippen LogP contribution in [0.3, 0.4) is 0 Å². The minimum atomic E-state index is 0.0637. The molecule has 2 heterocycles. The fraction of sp³-hybridized carbons (Fsp3) is 0.667. The molecule has 138 valence electrons. The number of amides is 2. The van der Waals surface area contributed by atoms with Gasteiger partial charge in [0, 0.05) is 31.4 Å². The number of aryl methyl sites for hydroxylation is 2. The van der Waals surface area contributed by atoms with Crippen molar-refractivity contribution in [3.63, 3.8) is 0 Å². The molecule has 0 bridgehead atoms. The number of urea groups is 1. The number of rotatable bonds is 3. The van der Waals surface area contributed by atoms with Gasteiger partial charge in [-0.1, -0.05) is 24.6 Å². The van der Waals surface area contributed by atoms with Gasteiger partial charge in [0.05, 0.1) is 0 Å². The molecular formula is C21H33N3O. The average molecular weight is 344 g/mol. The van der Waals surface area contributed by atoms with Gasteiger partial charge in [0.2, 0.25) is 0 Å². The van der Waals surface area contributed by atoms with E-state index in [0.717, 1.165) is 42.9 Å². The summed E-state index contributed by atoms with van der Waals surface area (Å²) in [5.41, 5.74) is 3.23. The maximum atomic E-state index is 12.8. The highest BCUT2D eigenvalue weighted by Gasteiger charge is 2.27. The third-order valence-corrected chi connectivity index (χ3v) is 5.95. The second kappa shape index (κ2) is 8.22. The third kappa shape index (κ3) is 4.55. The Kier molecular flexibility index (Phi) is 6.00. The molecule has 0 aromatic heterocycles. The second-order valence-electron chi connectivity index (χ2n) is 7.99. The maximum absolute atomic E-state index is 12.8. The first-order valence-corrected chi connectivity index (χ1v) is 9.91. The first-order chi connectivity index (χ1) is 12.0. The molecule has 2 atom stereocenters. The zero-order chi connectivity index (χ0) is 17.8. The molecule has 2 fully saturated rings. The Morgan fingerprint density at radius 3 is 2.60 bits per heavy atom.